The van der Waals surface area contributed by atoms with Gasteiger partial charge in [-0.25, -0.2) is 9.97 Å². The number of aryl methyl sites for hydroxylation is 1. The number of anilines is 2. The third-order valence-electron chi connectivity index (χ3n) is 9.70. The molecule has 3 N–H and O–H groups in total. The van der Waals surface area contributed by atoms with Crippen LogP contribution in [0.15, 0.2) is 37.4 Å². The van der Waals surface area contributed by atoms with Crippen LogP contribution in [0.4, 0.5) is 24.7 Å². The molecule has 1 amide bonds. The number of nitrogen functional groups attached to an aromatic ring is 1. The van der Waals surface area contributed by atoms with Gasteiger partial charge in [0.15, 0.2) is 12.4 Å². The van der Waals surface area contributed by atoms with Crippen molar-refractivity contribution in [3.05, 3.63) is 59.9 Å². The summed E-state index contributed by atoms with van der Waals surface area (Å²) in [5, 5.41) is 8.70. The lowest BCUT2D eigenvalue weighted by Gasteiger charge is -2.54. The Labute approximate surface area is 271 Å². The normalized spacial score (nSPS) is 18.2. The number of carbonyl (C=O) groups excluding carboxylic acids is 1. The van der Waals surface area contributed by atoms with Crippen molar-refractivity contribution < 1.29 is 27.4 Å². The van der Waals surface area contributed by atoms with Crippen molar-refractivity contribution in [2.24, 2.45) is 5.41 Å². The summed E-state index contributed by atoms with van der Waals surface area (Å²) in [6, 6.07) is 5.30. The highest BCUT2D eigenvalue weighted by Crippen LogP contribution is 2.48. The zero-order chi connectivity index (χ0) is 33.5. The Kier molecular flexibility index (Phi) is 8.73. The molecule has 0 aliphatic carbocycles. The van der Waals surface area contributed by atoms with Gasteiger partial charge < -0.3 is 30.4 Å². The second-order valence-corrected chi connectivity index (χ2v) is 12.8. The van der Waals surface area contributed by atoms with Crippen LogP contribution >= 0.6 is 0 Å². The number of nitrogens with two attached hydrogens (primary N) is 1. The van der Waals surface area contributed by atoms with Crippen molar-refractivity contribution in [1.29, 1.82) is 5.41 Å². The first kappa shape index (κ1) is 32.5. The number of nitrogens with zero attached hydrogens (tertiary/aromatic N) is 4. The van der Waals surface area contributed by atoms with Crippen molar-refractivity contribution >= 4 is 40.6 Å². The van der Waals surface area contributed by atoms with Gasteiger partial charge in [-0.2, -0.15) is 13.2 Å². The molecule has 0 saturated carbocycles. The number of carbonyl (C=O) groups is 1. The number of ether oxygens (including phenoxy) is 2. The largest absolute Gasteiger partial charge is 0.481 e. The van der Waals surface area contributed by atoms with E-state index in [2.05, 4.69) is 18.1 Å². The van der Waals surface area contributed by atoms with E-state index in [-0.39, 0.29) is 28.5 Å². The van der Waals surface area contributed by atoms with Crippen LogP contribution in [0.25, 0.3) is 28.1 Å². The number of hydrogen-bond donors (Lipinski definition) is 2. The van der Waals surface area contributed by atoms with E-state index in [4.69, 9.17) is 30.6 Å². The van der Waals surface area contributed by atoms with Crippen LogP contribution in [0.3, 0.4) is 0 Å². The summed E-state index contributed by atoms with van der Waals surface area (Å²) in [7, 11) is 0. The molecule has 4 heterocycles. The number of benzene rings is 2. The quantitative estimate of drug-likeness (QED) is 0.168. The Morgan fingerprint density at radius 2 is 1.87 bits per heavy atom. The molecule has 0 atom stereocenters. The van der Waals surface area contributed by atoms with E-state index in [0.717, 1.165) is 19.1 Å². The zero-order valence-electron chi connectivity index (χ0n) is 26.5. The summed E-state index contributed by atoms with van der Waals surface area (Å²) in [6.07, 6.45) is 2.44. The zero-order valence-corrected chi connectivity index (χ0v) is 26.5. The minimum absolute atomic E-state index is 0.0237. The fraction of sp³-hybridized carbons (Fsp3) is 0.429. The fourth-order valence-electron chi connectivity index (χ4n) is 7.14. The van der Waals surface area contributed by atoms with Crippen LogP contribution in [0.2, 0.25) is 0 Å². The molecular weight excluding hydrogens is 609 g/mol. The maximum atomic E-state index is 13.8. The molecule has 3 fully saturated rings. The Morgan fingerprint density at radius 3 is 2.49 bits per heavy atom. The molecule has 3 aliphatic rings. The van der Waals surface area contributed by atoms with Gasteiger partial charge in [0, 0.05) is 79.1 Å². The van der Waals surface area contributed by atoms with Gasteiger partial charge in [0.25, 0.3) is 0 Å². The molecule has 6 rings (SSSR count). The summed E-state index contributed by atoms with van der Waals surface area (Å²) in [5.74, 6) is 1.01. The molecule has 0 radical (unpaired) electrons. The maximum Gasteiger partial charge on any atom is 0.422 e. The maximum absolute atomic E-state index is 13.8. The number of piperidine rings is 1. The smallest absolute Gasteiger partial charge is 0.422 e. The Bertz CT molecular complexity index is 1740. The molecule has 248 valence electrons. The lowest BCUT2D eigenvalue weighted by molar-refractivity contribution is -0.153. The SMILES string of the molecule is C=CC(=O)N1CC2(CCN(c3nc(C4CCOCC4)nc4c(OCC(F)(F)F)c(-c5c(C)ccc(N)c5C=N)c(C=C)cc34)CC2)C1. The Balaban J connectivity index is 1.54. The average molecular weight is 649 g/mol. The molecule has 3 aromatic rings. The number of likely N-dealkylation sites (tertiary alicyclic amines) is 1. The van der Waals surface area contributed by atoms with Gasteiger partial charge in [-0.15, -0.1) is 0 Å². The van der Waals surface area contributed by atoms with Crippen molar-refractivity contribution in [2.45, 2.75) is 44.7 Å². The van der Waals surface area contributed by atoms with Gasteiger partial charge in [0.05, 0.1) is 0 Å². The lowest BCUT2D eigenvalue weighted by Crippen LogP contribution is -2.61. The van der Waals surface area contributed by atoms with Crippen molar-refractivity contribution in [3.8, 4) is 16.9 Å². The van der Waals surface area contributed by atoms with Crippen LogP contribution in [-0.4, -0.2) is 79.2 Å². The third-order valence-corrected chi connectivity index (χ3v) is 9.70. The van der Waals surface area contributed by atoms with Gasteiger partial charge >= 0.3 is 6.18 Å². The van der Waals surface area contributed by atoms with Gasteiger partial charge in [0.1, 0.15) is 17.2 Å². The molecule has 47 heavy (non-hydrogen) atoms. The minimum Gasteiger partial charge on any atom is -0.481 e. The summed E-state index contributed by atoms with van der Waals surface area (Å²) >= 11 is 0. The fourth-order valence-corrected chi connectivity index (χ4v) is 7.14. The van der Waals surface area contributed by atoms with Crippen LogP contribution in [0.1, 0.15) is 54.1 Å². The van der Waals surface area contributed by atoms with Crippen LogP contribution < -0.4 is 15.4 Å². The molecule has 1 aromatic heterocycles. The molecule has 12 heteroatoms. The van der Waals surface area contributed by atoms with E-state index in [9.17, 15) is 18.0 Å². The minimum atomic E-state index is -4.62. The predicted molar refractivity (Wildman–Crippen MR) is 177 cm³/mol. The summed E-state index contributed by atoms with van der Waals surface area (Å²) in [6.45, 7) is 11.6. The first-order chi connectivity index (χ1) is 22.5. The Hall–Kier alpha value is -4.45. The number of halogens is 3. The molecule has 0 bridgehead atoms. The highest BCUT2D eigenvalue weighted by atomic mass is 19.4. The van der Waals surface area contributed by atoms with Gasteiger partial charge in [-0.05, 0) is 67.5 Å². The molecule has 2 aromatic carbocycles. The molecule has 3 aliphatic heterocycles. The Morgan fingerprint density at radius 1 is 1.17 bits per heavy atom. The number of nitrogens with one attached hydrogen (secondary N) is 1. The second-order valence-electron chi connectivity index (χ2n) is 12.8. The van der Waals surface area contributed by atoms with Crippen LogP contribution in [0.5, 0.6) is 5.75 Å². The molecule has 0 unspecified atom stereocenters. The van der Waals surface area contributed by atoms with E-state index in [0.29, 0.717) is 103 Å². The summed E-state index contributed by atoms with van der Waals surface area (Å²) in [4.78, 5) is 26.2. The highest BCUT2D eigenvalue weighted by Gasteiger charge is 2.46. The number of fused-ring (bicyclic) bond motifs is 1. The lowest BCUT2D eigenvalue weighted by atomic mass is 9.72. The number of alkyl halides is 3. The van der Waals surface area contributed by atoms with Crippen molar-refractivity contribution in [2.75, 3.05) is 56.6 Å². The average Bonchev–Trinajstić information content (AvgIpc) is 3.05. The van der Waals surface area contributed by atoms with E-state index < -0.39 is 12.8 Å². The van der Waals surface area contributed by atoms with E-state index in [1.165, 1.54) is 6.08 Å². The molecular formula is C35H39F3N6O3. The van der Waals surface area contributed by atoms with E-state index in [1.54, 1.807) is 23.1 Å². The number of aromatic nitrogens is 2. The van der Waals surface area contributed by atoms with Gasteiger partial charge in [-0.1, -0.05) is 25.3 Å². The van der Waals surface area contributed by atoms with Crippen molar-refractivity contribution in [3.63, 3.8) is 0 Å². The van der Waals surface area contributed by atoms with Gasteiger partial charge in [-0.3, -0.25) is 4.79 Å². The predicted octanol–water partition coefficient (Wildman–Crippen LogP) is 6.28. The number of hydrogen-bond acceptors (Lipinski definition) is 8. The summed E-state index contributed by atoms with van der Waals surface area (Å²) in [5.41, 5.74) is 9.32. The highest BCUT2D eigenvalue weighted by molar-refractivity contribution is 6.06. The number of rotatable bonds is 8. The van der Waals surface area contributed by atoms with E-state index in [1.807, 2.05) is 13.0 Å². The van der Waals surface area contributed by atoms with Crippen LogP contribution in [-0.2, 0) is 9.53 Å². The van der Waals surface area contributed by atoms with Crippen molar-refractivity contribution in [1.82, 2.24) is 14.9 Å². The van der Waals surface area contributed by atoms with E-state index >= 15 is 0 Å². The summed E-state index contributed by atoms with van der Waals surface area (Å²) < 4.78 is 52.8. The topological polar surface area (TPSA) is 118 Å². The standard InChI is InChI=1S/C35H39F3N6O3/c1-4-22-16-24-30(31(47-20-35(36,37)38)29(22)28-21(3)6-7-26(40)25(28)17-39)41-32(23-8-14-46-15-9-23)42-33(24)43-12-10-34(11-13-43)18-44(19-34)27(45)5-2/h4-7,16-17,23,39H,1-2,8-15,18-20,40H2,3H3. The first-order valence-corrected chi connectivity index (χ1v) is 15.8. The first-order valence-electron chi connectivity index (χ1n) is 15.8. The monoisotopic (exact) mass is 648 g/mol. The van der Waals surface area contributed by atoms with Crippen LogP contribution in [0, 0.1) is 17.7 Å². The molecule has 3 saturated heterocycles. The number of amides is 1. The third kappa shape index (κ3) is 6.18. The molecule has 1 spiro atoms. The molecule has 9 nitrogen and oxygen atoms in total. The second kappa shape index (κ2) is 12.6. The van der Waals surface area contributed by atoms with Gasteiger partial charge in [0.2, 0.25) is 5.91 Å².